The predicted octanol–water partition coefficient (Wildman–Crippen LogP) is 7.76. The molecule has 3 saturated heterocycles. The molecule has 48 heavy (non-hydrogen) atoms. The van der Waals surface area contributed by atoms with E-state index in [9.17, 15) is 26.3 Å². The Labute approximate surface area is 289 Å². The molecule has 268 valence electrons. The highest BCUT2D eigenvalue weighted by Gasteiger charge is 2.63. The Morgan fingerprint density at radius 1 is 0.521 bits per heavy atom. The van der Waals surface area contributed by atoms with E-state index in [0.717, 1.165) is 24.5 Å². The highest BCUT2D eigenvalue weighted by atomic mass is 79.9. The van der Waals surface area contributed by atoms with Crippen molar-refractivity contribution in [1.29, 1.82) is 0 Å². The number of rotatable bonds is 2. The topological polar surface area (TPSA) is 81.2 Å². The summed E-state index contributed by atoms with van der Waals surface area (Å²) in [6.07, 6.45) is -4.53. The normalized spacial score (nSPS) is 23.3. The van der Waals surface area contributed by atoms with Gasteiger partial charge in [-0.2, -0.15) is 26.3 Å². The lowest BCUT2D eigenvalue weighted by Gasteiger charge is -2.32. The molecule has 0 aromatic carbocycles. The molecule has 2 aromatic rings. The Hall–Kier alpha value is -1.69. The van der Waals surface area contributed by atoms with Gasteiger partial charge in [-0.25, -0.2) is 0 Å². The van der Waals surface area contributed by atoms with Crippen molar-refractivity contribution in [2.45, 2.75) is 129 Å². The van der Waals surface area contributed by atoms with Crippen molar-refractivity contribution in [3.63, 3.8) is 0 Å². The number of pyridine rings is 2. The summed E-state index contributed by atoms with van der Waals surface area (Å²) in [5, 5.41) is 0. The number of aromatic nitrogens is 2. The van der Waals surface area contributed by atoms with E-state index >= 15 is 0 Å². The van der Waals surface area contributed by atoms with Gasteiger partial charge in [0.05, 0.1) is 44.7 Å². The zero-order valence-corrected chi connectivity index (χ0v) is 30.8. The number of hydrogen-bond acceptors (Lipinski definition) is 8. The van der Waals surface area contributed by atoms with Crippen LogP contribution < -0.4 is 5.46 Å². The molecule has 3 aliphatic rings. The van der Waals surface area contributed by atoms with Crippen LogP contribution in [0.4, 0.5) is 26.3 Å². The third-order valence-corrected chi connectivity index (χ3v) is 9.84. The summed E-state index contributed by atoms with van der Waals surface area (Å²) in [5.74, 6) is 0. The number of nitrogens with zero attached hydrogens (tertiary/aromatic N) is 2. The Morgan fingerprint density at radius 3 is 1.15 bits per heavy atom. The molecule has 0 unspecified atom stereocenters. The summed E-state index contributed by atoms with van der Waals surface area (Å²) < 4.78 is 109. The molecule has 0 spiro atoms. The second-order valence-electron chi connectivity index (χ2n) is 14.7. The van der Waals surface area contributed by atoms with Crippen LogP contribution in [0, 0.1) is 0 Å². The van der Waals surface area contributed by atoms with Crippen molar-refractivity contribution >= 4 is 42.5 Å². The first-order valence-electron chi connectivity index (χ1n) is 15.2. The SMILES string of the molecule is CC1(C)OB(B2OC(C)(C)C(C)(C)O2)OC1(C)C.CC1(C)OB(c2cncc(C(F)(F)F)c2)OC1(C)C.FC(F)(F)c1cncc(Br)c1.[2HH]. The Balaban J connectivity index is 0.000000262. The fourth-order valence-corrected chi connectivity index (χ4v) is 4.65. The van der Waals surface area contributed by atoms with Gasteiger partial charge in [-0.15, -0.1) is 0 Å². The molecule has 0 radical (unpaired) electrons. The zero-order chi connectivity index (χ0) is 36.9. The van der Waals surface area contributed by atoms with Gasteiger partial charge in [-0.1, -0.05) is 0 Å². The minimum absolute atomic E-state index is 0. The highest BCUT2D eigenvalue weighted by molar-refractivity contribution is 9.10. The van der Waals surface area contributed by atoms with Crippen molar-refractivity contribution in [2.24, 2.45) is 0 Å². The van der Waals surface area contributed by atoms with Crippen LogP contribution in [0.1, 0.15) is 95.6 Å². The molecule has 2 aromatic heterocycles. The van der Waals surface area contributed by atoms with Crippen molar-refractivity contribution in [3.8, 4) is 0 Å². The number of alkyl halides is 6. The van der Waals surface area contributed by atoms with Gasteiger partial charge in [0.15, 0.2) is 0 Å². The maximum absolute atomic E-state index is 12.6. The van der Waals surface area contributed by atoms with Gasteiger partial charge in [0.1, 0.15) is 0 Å². The van der Waals surface area contributed by atoms with Crippen LogP contribution in [-0.2, 0) is 40.3 Å². The summed E-state index contributed by atoms with van der Waals surface area (Å²) in [7, 11) is -1.79. The quantitative estimate of drug-likeness (QED) is 0.228. The Bertz CT molecular complexity index is 1370. The summed E-state index contributed by atoms with van der Waals surface area (Å²) in [4.78, 5) is 6.99. The van der Waals surface area contributed by atoms with Crippen LogP contribution in [0.5, 0.6) is 0 Å². The van der Waals surface area contributed by atoms with E-state index < -0.39 is 55.8 Å². The second kappa shape index (κ2) is 13.5. The Morgan fingerprint density at radius 2 is 0.833 bits per heavy atom. The van der Waals surface area contributed by atoms with E-state index in [2.05, 4.69) is 25.9 Å². The minimum Gasteiger partial charge on any atom is -0.405 e. The smallest absolute Gasteiger partial charge is 0.405 e. The molecular weight excluding hydrogens is 711 g/mol. The van der Waals surface area contributed by atoms with Crippen LogP contribution in [0.2, 0.25) is 0 Å². The lowest BCUT2D eigenvalue weighted by atomic mass is 9.49. The lowest BCUT2D eigenvalue weighted by molar-refractivity contribution is -0.138. The van der Waals surface area contributed by atoms with Gasteiger partial charge in [0.2, 0.25) is 0 Å². The summed E-state index contributed by atoms with van der Waals surface area (Å²) in [6, 6.07) is 1.99. The number of halogens is 7. The van der Waals surface area contributed by atoms with Crippen molar-refractivity contribution in [2.75, 3.05) is 0 Å². The van der Waals surface area contributed by atoms with Crippen molar-refractivity contribution in [1.82, 2.24) is 9.97 Å². The summed E-state index contributed by atoms with van der Waals surface area (Å²) in [5.41, 5.74) is -3.90. The molecule has 0 amide bonds. The molecule has 3 fully saturated rings. The Kier molecular flexibility index (Phi) is 11.4. The van der Waals surface area contributed by atoms with Gasteiger partial charge >= 0.3 is 33.5 Å². The molecule has 0 atom stereocenters. The van der Waals surface area contributed by atoms with Crippen molar-refractivity contribution < 1.29 is 55.7 Å². The second-order valence-corrected chi connectivity index (χ2v) is 15.6. The average molecular weight is 756 g/mol. The molecule has 0 saturated carbocycles. The van der Waals surface area contributed by atoms with Gasteiger partial charge in [-0.3, -0.25) is 9.97 Å². The average Bonchev–Trinajstić information content (AvgIpc) is 3.37. The minimum atomic E-state index is -4.42. The maximum Gasteiger partial charge on any atom is 0.496 e. The molecule has 0 bridgehead atoms. The standard InChI is InChI=1S/C12H24B2O4.C12H15BF3NO2.C6H3BrF3N.H2/c1-9(2)10(3,4)16-13(15-9)14-17-11(5,6)12(7,8)18-14;1-10(2)11(3,4)19-13(18-10)9-5-8(6-17-7-9)12(14,15)16;7-5-1-4(2-11-3-5)6(8,9)10;/h1-8H3;5-7H,1-4H3;1-3H;1H/i;;;1+1. The molecule has 5 rings (SSSR count). The highest BCUT2D eigenvalue weighted by Crippen LogP contribution is 2.43. The third kappa shape index (κ3) is 9.15. The van der Waals surface area contributed by atoms with E-state index in [4.69, 9.17) is 27.9 Å². The van der Waals surface area contributed by atoms with E-state index in [1.807, 2.05) is 83.1 Å². The number of hydrogen-bond donors (Lipinski definition) is 0. The van der Waals surface area contributed by atoms with E-state index in [0.29, 0.717) is 4.47 Å². The summed E-state index contributed by atoms with van der Waals surface area (Å²) >= 11 is 2.89. The van der Waals surface area contributed by atoms with Crippen LogP contribution in [0.25, 0.3) is 0 Å². The fraction of sp³-hybridized carbons (Fsp3) is 0.667. The first-order valence-corrected chi connectivity index (χ1v) is 16.0. The molecular formula is C30H44B3BrF6N2O6. The van der Waals surface area contributed by atoms with Crippen LogP contribution in [-0.4, -0.2) is 64.7 Å². The maximum atomic E-state index is 12.6. The third-order valence-electron chi connectivity index (χ3n) is 9.41. The largest absolute Gasteiger partial charge is 0.496 e. The molecule has 5 heterocycles. The fourth-order valence-electron chi connectivity index (χ4n) is 4.29. The molecule has 0 N–H and O–H groups in total. The first-order chi connectivity index (χ1) is 21.4. The van der Waals surface area contributed by atoms with Crippen LogP contribution >= 0.6 is 15.9 Å². The van der Waals surface area contributed by atoms with E-state index in [-0.39, 0.29) is 29.3 Å². The molecule has 3 aliphatic heterocycles. The van der Waals surface area contributed by atoms with E-state index in [1.54, 1.807) is 0 Å². The molecule has 0 aliphatic carbocycles. The van der Waals surface area contributed by atoms with Gasteiger partial charge < -0.3 is 27.9 Å². The summed E-state index contributed by atoms with van der Waals surface area (Å²) in [6.45, 7) is 23.6. The first kappa shape index (κ1) is 40.7. The molecule has 8 nitrogen and oxygen atoms in total. The lowest BCUT2D eigenvalue weighted by Crippen LogP contribution is -2.41. The zero-order valence-electron chi connectivity index (χ0n) is 29.2. The predicted molar refractivity (Wildman–Crippen MR) is 176 cm³/mol. The van der Waals surface area contributed by atoms with E-state index in [1.165, 1.54) is 12.4 Å². The van der Waals surface area contributed by atoms with Gasteiger partial charge in [-0.05, 0) is 111 Å². The molecule has 18 heteroatoms. The van der Waals surface area contributed by atoms with Gasteiger partial charge in [0, 0.05) is 36.1 Å². The monoisotopic (exact) mass is 755 g/mol. The van der Waals surface area contributed by atoms with Crippen molar-refractivity contribution in [3.05, 3.63) is 52.5 Å². The van der Waals surface area contributed by atoms with Crippen LogP contribution in [0.15, 0.2) is 41.4 Å². The van der Waals surface area contributed by atoms with Crippen LogP contribution in [0.3, 0.4) is 0 Å². The van der Waals surface area contributed by atoms with Gasteiger partial charge in [0.25, 0.3) is 0 Å².